The van der Waals surface area contributed by atoms with Gasteiger partial charge in [0.2, 0.25) is 0 Å². The molecule has 3 nitrogen and oxygen atoms in total. The number of benzene rings is 1. The number of hydrogen-bond donors (Lipinski definition) is 0. The van der Waals surface area contributed by atoms with E-state index in [0.29, 0.717) is 6.54 Å². The molecule has 0 spiro atoms. The predicted molar refractivity (Wildman–Crippen MR) is 76.0 cm³/mol. The number of halogens is 1. The molecule has 0 aliphatic carbocycles. The van der Waals surface area contributed by atoms with E-state index in [0.717, 1.165) is 17.8 Å². The smallest absolute Gasteiger partial charge is 0.182 e. The molecule has 0 unspecified atom stereocenters. The fourth-order valence-corrected chi connectivity index (χ4v) is 2.09. The van der Waals surface area contributed by atoms with Crippen LogP contribution in [0.3, 0.4) is 0 Å². The van der Waals surface area contributed by atoms with Gasteiger partial charge in [0, 0.05) is 25.0 Å². The minimum atomic E-state index is 0. The van der Waals surface area contributed by atoms with Gasteiger partial charge in [-0.05, 0) is 19.4 Å². The molecule has 0 N–H and O–H groups in total. The molecular weight excluding hydrogens is 248 g/mol. The third kappa shape index (κ3) is 3.26. The summed E-state index contributed by atoms with van der Waals surface area (Å²) in [6.07, 6.45) is 3.94. The molecule has 1 aliphatic rings. The summed E-state index contributed by atoms with van der Waals surface area (Å²) >= 11 is 0. The van der Waals surface area contributed by atoms with E-state index in [9.17, 15) is 4.79 Å². The Morgan fingerprint density at radius 1 is 1.28 bits per heavy atom. The zero-order valence-corrected chi connectivity index (χ0v) is 11.8. The fraction of sp³-hybridized carbons (Fsp3) is 0.357. The van der Waals surface area contributed by atoms with Crippen LogP contribution in [0.4, 0.5) is 0 Å². The molecule has 0 aromatic heterocycles. The predicted octanol–water partition coefficient (Wildman–Crippen LogP) is 2.58. The average Bonchev–Trinajstić information content (AvgIpc) is 2.63. The Labute approximate surface area is 114 Å². The number of hydrogen-bond acceptors (Lipinski definition) is 3. The fourth-order valence-electron chi connectivity index (χ4n) is 2.09. The number of aryl methyl sites for hydroxylation is 2. The summed E-state index contributed by atoms with van der Waals surface area (Å²) < 4.78 is 0. The molecule has 1 aromatic carbocycles. The van der Waals surface area contributed by atoms with E-state index in [2.05, 4.69) is 11.0 Å². The van der Waals surface area contributed by atoms with E-state index < -0.39 is 0 Å². The van der Waals surface area contributed by atoms with Crippen LogP contribution in [-0.2, 0) is 0 Å². The summed E-state index contributed by atoms with van der Waals surface area (Å²) in [5.41, 5.74) is 3.09. The molecule has 0 bridgehead atoms. The van der Waals surface area contributed by atoms with Gasteiger partial charge in [0.05, 0.1) is 13.2 Å². The van der Waals surface area contributed by atoms with Gasteiger partial charge in [0.15, 0.2) is 5.78 Å². The first-order valence-corrected chi connectivity index (χ1v) is 5.79. The Hall–Kier alpha value is -1.48. The highest BCUT2D eigenvalue weighted by Gasteiger charge is 2.15. The van der Waals surface area contributed by atoms with Gasteiger partial charge < -0.3 is 9.80 Å². The number of ketones is 1. The Bertz CT molecular complexity index is 471. The third-order valence-corrected chi connectivity index (χ3v) is 2.97. The average molecular weight is 267 g/mol. The molecule has 4 heteroatoms. The van der Waals surface area contributed by atoms with Crippen molar-refractivity contribution < 1.29 is 4.79 Å². The minimum absolute atomic E-state index is 0. The van der Waals surface area contributed by atoms with E-state index in [1.54, 1.807) is 0 Å². The standard InChI is InChI=1S/C14H18N2O.ClH/c1-11-4-5-13(12(2)8-11)14(17)9-16-7-6-15(3)10-16;/h4-8H,9-10H2,1-3H3;1H. The summed E-state index contributed by atoms with van der Waals surface area (Å²) in [7, 11) is 2.00. The van der Waals surface area contributed by atoms with Crippen LogP contribution in [0.2, 0.25) is 0 Å². The van der Waals surface area contributed by atoms with Crippen molar-refractivity contribution in [2.24, 2.45) is 0 Å². The third-order valence-electron chi connectivity index (χ3n) is 2.97. The Morgan fingerprint density at radius 2 is 2.00 bits per heavy atom. The quantitative estimate of drug-likeness (QED) is 0.786. The second-order valence-corrected chi connectivity index (χ2v) is 4.68. The topological polar surface area (TPSA) is 23.6 Å². The van der Waals surface area contributed by atoms with E-state index >= 15 is 0 Å². The maximum absolute atomic E-state index is 12.1. The van der Waals surface area contributed by atoms with Crippen LogP contribution in [0.5, 0.6) is 0 Å². The summed E-state index contributed by atoms with van der Waals surface area (Å²) in [4.78, 5) is 16.2. The minimum Gasteiger partial charge on any atom is -0.362 e. The highest BCUT2D eigenvalue weighted by atomic mass is 35.5. The van der Waals surface area contributed by atoms with Crippen LogP contribution in [0.1, 0.15) is 21.5 Å². The van der Waals surface area contributed by atoms with Crippen LogP contribution in [-0.4, -0.2) is 35.8 Å². The van der Waals surface area contributed by atoms with Gasteiger partial charge >= 0.3 is 0 Å². The molecule has 2 rings (SSSR count). The molecule has 0 atom stereocenters. The lowest BCUT2D eigenvalue weighted by Crippen LogP contribution is -2.28. The molecule has 0 saturated heterocycles. The molecular formula is C14H19ClN2O. The van der Waals surface area contributed by atoms with Crippen LogP contribution in [0, 0.1) is 13.8 Å². The normalized spacial score (nSPS) is 13.7. The highest BCUT2D eigenvalue weighted by Crippen LogP contribution is 2.13. The molecule has 1 aromatic rings. The number of carbonyl (C=O) groups is 1. The van der Waals surface area contributed by atoms with Crippen molar-refractivity contribution in [2.75, 3.05) is 20.3 Å². The highest BCUT2D eigenvalue weighted by molar-refractivity contribution is 5.99. The lowest BCUT2D eigenvalue weighted by atomic mass is 10.0. The number of Topliss-reactive ketones (excluding diaryl/α,β-unsaturated/α-hetero) is 1. The second-order valence-electron chi connectivity index (χ2n) is 4.68. The van der Waals surface area contributed by atoms with Crippen LogP contribution in [0.25, 0.3) is 0 Å². The summed E-state index contributed by atoms with van der Waals surface area (Å²) in [6.45, 7) is 5.27. The van der Waals surface area contributed by atoms with Crippen molar-refractivity contribution >= 4 is 18.2 Å². The van der Waals surface area contributed by atoms with Gasteiger partial charge in [0.1, 0.15) is 0 Å². The zero-order chi connectivity index (χ0) is 12.4. The first kappa shape index (κ1) is 14.6. The zero-order valence-electron chi connectivity index (χ0n) is 11.0. The molecule has 1 heterocycles. The van der Waals surface area contributed by atoms with Crippen molar-refractivity contribution in [3.8, 4) is 0 Å². The maximum atomic E-state index is 12.1. The molecule has 0 radical (unpaired) electrons. The monoisotopic (exact) mass is 266 g/mol. The van der Waals surface area contributed by atoms with Crippen molar-refractivity contribution in [1.82, 2.24) is 9.80 Å². The van der Waals surface area contributed by atoms with Crippen molar-refractivity contribution in [3.05, 3.63) is 47.3 Å². The van der Waals surface area contributed by atoms with Crippen LogP contribution in [0.15, 0.2) is 30.6 Å². The summed E-state index contributed by atoms with van der Waals surface area (Å²) in [6, 6.07) is 5.97. The summed E-state index contributed by atoms with van der Waals surface area (Å²) in [5.74, 6) is 0.183. The molecule has 98 valence electrons. The van der Waals surface area contributed by atoms with E-state index in [1.807, 2.05) is 50.3 Å². The lowest BCUT2D eigenvalue weighted by molar-refractivity contribution is 0.0948. The lowest BCUT2D eigenvalue weighted by Gasteiger charge is -2.17. The first-order chi connectivity index (χ1) is 8.06. The summed E-state index contributed by atoms with van der Waals surface area (Å²) in [5, 5.41) is 0. The van der Waals surface area contributed by atoms with Crippen molar-refractivity contribution in [2.45, 2.75) is 13.8 Å². The van der Waals surface area contributed by atoms with E-state index in [-0.39, 0.29) is 18.2 Å². The molecule has 0 amide bonds. The van der Waals surface area contributed by atoms with Gasteiger partial charge in [-0.2, -0.15) is 0 Å². The van der Waals surface area contributed by atoms with Gasteiger partial charge in [-0.1, -0.05) is 23.8 Å². The molecule has 1 aliphatic heterocycles. The number of rotatable bonds is 3. The Kier molecular flexibility index (Phi) is 4.79. The van der Waals surface area contributed by atoms with Crippen molar-refractivity contribution in [1.29, 1.82) is 0 Å². The van der Waals surface area contributed by atoms with Gasteiger partial charge in [-0.25, -0.2) is 0 Å². The Balaban J connectivity index is 0.00000162. The van der Waals surface area contributed by atoms with Crippen molar-refractivity contribution in [3.63, 3.8) is 0 Å². The second kappa shape index (κ2) is 5.91. The van der Waals surface area contributed by atoms with Gasteiger partial charge in [0.25, 0.3) is 0 Å². The van der Waals surface area contributed by atoms with Gasteiger partial charge in [-0.3, -0.25) is 4.79 Å². The molecule has 0 fully saturated rings. The largest absolute Gasteiger partial charge is 0.362 e. The van der Waals surface area contributed by atoms with E-state index in [4.69, 9.17) is 0 Å². The molecule has 0 saturated carbocycles. The number of carbonyl (C=O) groups excluding carboxylic acids is 1. The van der Waals surface area contributed by atoms with Crippen LogP contribution < -0.4 is 0 Å². The van der Waals surface area contributed by atoms with E-state index in [1.165, 1.54) is 5.56 Å². The van der Waals surface area contributed by atoms with Gasteiger partial charge in [-0.15, -0.1) is 12.4 Å². The molecule has 18 heavy (non-hydrogen) atoms. The maximum Gasteiger partial charge on any atom is 0.182 e. The Morgan fingerprint density at radius 3 is 2.56 bits per heavy atom. The van der Waals surface area contributed by atoms with Crippen LogP contribution >= 0.6 is 12.4 Å². The number of nitrogens with zero attached hydrogens (tertiary/aromatic N) is 2. The first-order valence-electron chi connectivity index (χ1n) is 5.79. The SMILES string of the molecule is Cc1ccc(C(=O)CN2C=CN(C)C2)c(C)c1.Cl.